The average molecular weight is 329 g/mol. The van der Waals surface area contributed by atoms with Gasteiger partial charge in [0, 0.05) is 19.3 Å². The maximum Gasteiger partial charge on any atom is 0.330 e. The highest BCUT2D eigenvalue weighted by molar-refractivity contribution is 5.73. The minimum atomic E-state index is -0.532. The normalized spacial score (nSPS) is 15.1. The van der Waals surface area contributed by atoms with Crippen molar-refractivity contribution in [1.82, 2.24) is 19.5 Å². The van der Waals surface area contributed by atoms with Gasteiger partial charge < -0.3 is 14.1 Å². The summed E-state index contributed by atoms with van der Waals surface area (Å²) in [7, 11) is 0. The first-order valence-electron chi connectivity index (χ1n) is 7.57. The Morgan fingerprint density at radius 3 is 2.83 bits per heavy atom. The summed E-state index contributed by atoms with van der Waals surface area (Å²) in [6.07, 6.45) is 2.94. The van der Waals surface area contributed by atoms with Gasteiger partial charge in [-0.25, -0.2) is 9.78 Å². The summed E-state index contributed by atoms with van der Waals surface area (Å²) in [5, 5.41) is 0.262. The van der Waals surface area contributed by atoms with E-state index in [0.717, 1.165) is 4.57 Å². The van der Waals surface area contributed by atoms with Gasteiger partial charge in [-0.1, -0.05) is 0 Å². The number of aromatic amines is 1. The minimum Gasteiger partial charge on any atom is -0.467 e. The van der Waals surface area contributed by atoms with E-state index in [1.54, 1.807) is 12.1 Å². The number of rotatable bonds is 3. The maximum absolute atomic E-state index is 12.6. The van der Waals surface area contributed by atoms with Crippen molar-refractivity contribution in [2.45, 2.75) is 6.54 Å². The smallest absolute Gasteiger partial charge is 0.330 e. The number of nitrogens with one attached hydrogen (secondary N) is 1. The summed E-state index contributed by atoms with van der Waals surface area (Å²) >= 11 is 0. The standard InChI is InChI=1S/C15H15N5O4/c21-13-11-8-16-14(19-3-6-23-7-4-19)17-12(11)18-15(22)20(13)9-10-2-1-5-24-10/h1-2,5,8H,3-4,6-7,9H2,(H,16,17,18,22). The molecule has 0 saturated carbocycles. The van der Waals surface area contributed by atoms with Crippen molar-refractivity contribution in [2.24, 2.45) is 0 Å². The van der Waals surface area contributed by atoms with Crippen LogP contribution in [0, 0.1) is 0 Å². The third-order valence-corrected chi connectivity index (χ3v) is 3.91. The Morgan fingerprint density at radius 2 is 2.08 bits per heavy atom. The molecule has 0 amide bonds. The van der Waals surface area contributed by atoms with Crippen molar-refractivity contribution in [2.75, 3.05) is 31.2 Å². The molecule has 1 aliphatic heterocycles. The second-order valence-corrected chi connectivity index (χ2v) is 5.43. The Bertz CT molecular complexity index is 970. The predicted octanol–water partition coefficient (Wildman–Crippen LogP) is -0.0423. The molecule has 3 aromatic heterocycles. The minimum absolute atomic E-state index is 0.0579. The lowest BCUT2D eigenvalue weighted by atomic mass is 10.3. The van der Waals surface area contributed by atoms with Crippen molar-refractivity contribution >= 4 is 17.0 Å². The van der Waals surface area contributed by atoms with E-state index >= 15 is 0 Å². The monoisotopic (exact) mass is 329 g/mol. The number of ether oxygens (including phenoxy) is 1. The zero-order valence-electron chi connectivity index (χ0n) is 12.8. The molecule has 0 bridgehead atoms. The van der Waals surface area contributed by atoms with Gasteiger partial charge in [0.05, 0.1) is 26.0 Å². The van der Waals surface area contributed by atoms with Gasteiger partial charge in [-0.2, -0.15) is 4.98 Å². The Labute approximate surface area is 135 Å². The molecule has 4 heterocycles. The Kier molecular flexibility index (Phi) is 3.62. The fourth-order valence-corrected chi connectivity index (χ4v) is 2.65. The molecule has 0 aromatic carbocycles. The maximum atomic E-state index is 12.6. The third kappa shape index (κ3) is 2.58. The van der Waals surface area contributed by atoms with E-state index < -0.39 is 11.2 Å². The van der Waals surface area contributed by atoms with E-state index in [4.69, 9.17) is 9.15 Å². The highest BCUT2D eigenvalue weighted by atomic mass is 16.5. The molecule has 4 rings (SSSR count). The molecule has 0 spiro atoms. The zero-order chi connectivity index (χ0) is 16.5. The molecule has 3 aromatic rings. The Hall–Kier alpha value is -2.94. The van der Waals surface area contributed by atoms with E-state index in [1.165, 1.54) is 12.5 Å². The molecule has 9 nitrogen and oxygen atoms in total. The molecule has 9 heteroatoms. The number of anilines is 1. The number of aromatic nitrogens is 4. The van der Waals surface area contributed by atoms with E-state index in [1.807, 2.05) is 4.90 Å². The van der Waals surface area contributed by atoms with Crippen LogP contribution in [0.25, 0.3) is 11.0 Å². The fraction of sp³-hybridized carbons (Fsp3) is 0.333. The number of hydrogen-bond donors (Lipinski definition) is 1. The number of nitrogens with zero attached hydrogens (tertiary/aromatic N) is 4. The molecule has 0 aliphatic carbocycles. The molecule has 24 heavy (non-hydrogen) atoms. The van der Waals surface area contributed by atoms with Crippen LogP contribution in [-0.4, -0.2) is 45.8 Å². The highest BCUT2D eigenvalue weighted by Gasteiger charge is 2.16. The van der Waals surface area contributed by atoms with E-state index in [0.29, 0.717) is 38.0 Å². The molecule has 1 N–H and O–H groups in total. The lowest BCUT2D eigenvalue weighted by molar-refractivity contribution is 0.122. The third-order valence-electron chi connectivity index (χ3n) is 3.91. The molecule has 1 aliphatic rings. The van der Waals surface area contributed by atoms with Crippen LogP contribution in [0.1, 0.15) is 5.76 Å². The van der Waals surface area contributed by atoms with E-state index in [-0.39, 0.29) is 17.6 Å². The molecule has 124 valence electrons. The van der Waals surface area contributed by atoms with Crippen LogP contribution in [0.5, 0.6) is 0 Å². The van der Waals surface area contributed by atoms with Crippen molar-refractivity contribution < 1.29 is 9.15 Å². The van der Waals surface area contributed by atoms with Crippen LogP contribution in [0.3, 0.4) is 0 Å². The number of fused-ring (bicyclic) bond motifs is 1. The lowest BCUT2D eigenvalue weighted by Gasteiger charge is -2.26. The second kappa shape index (κ2) is 5.93. The van der Waals surface area contributed by atoms with Crippen LogP contribution in [-0.2, 0) is 11.3 Å². The van der Waals surface area contributed by atoms with Crippen molar-refractivity contribution in [3.63, 3.8) is 0 Å². The van der Waals surface area contributed by atoms with E-state index in [2.05, 4.69) is 15.0 Å². The summed E-state index contributed by atoms with van der Waals surface area (Å²) < 4.78 is 11.6. The number of H-pyrrole nitrogens is 1. The largest absolute Gasteiger partial charge is 0.467 e. The predicted molar refractivity (Wildman–Crippen MR) is 85.3 cm³/mol. The van der Waals surface area contributed by atoms with Crippen LogP contribution < -0.4 is 16.1 Å². The van der Waals surface area contributed by atoms with Crippen LogP contribution in [0.15, 0.2) is 38.6 Å². The Morgan fingerprint density at radius 1 is 1.25 bits per heavy atom. The van der Waals surface area contributed by atoms with Crippen molar-refractivity contribution in [1.29, 1.82) is 0 Å². The quantitative estimate of drug-likeness (QED) is 0.718. The van der Waals surface area contributed by atoms with Crippen molar-refractivity contribution in [3.8, 4) is 0 Å². The van der Waals surface area contributed by atoms with Gasteiger partial charge >= 0.3 is 5.69 Å². The van der Waals surface area contributed by atoms with E-state index in [9.17, 15) is 9.59 Å². The van der Waals surface area contributed by atoms with Gasteiger partial charge in [-0.05, 0) is 12.1 Å². The molecule has 1 fully saturated rings. The molecular weight excluding hydrogens is 314 g/mol. The topological polar surface area (TPSA) is 106 Å². The number of hydrogen-bond acceptors (Lipinski definition) is 7. The fourth-order valence-electron chi connectivity index (χ4n) is 2.65. The Balaban J connectivity index is 1.76. The second-order valence-electron chi connectivity index (χ2n) is 5.43. The number of morpholine rings is 1. The number of furan rings is 1. The molecule has 1 saturated heterocycles. The summed E-state index contributed by atoms with van der Waals surface area (Å²) in [4.78, 5) is 38.0. The van der Waals surface area contributed by atoms with Gasteiger partial charge in [-0.3, -0.25) is 14.3 Å². The summed E-state index contributed by atoms with van der Waals surface area (Å²) in [6, 6.07) is 3.40. The van der Waals surface area contributed by atoms with Crippen LogP contribution in [0.4, 0.5) is 5.95 Å². The summed E-state index contributed by atoms with van der Waals surface area (Å²) in [5.74, 6) is 0.998. The van der Waals surface area contributed by atoms with Crippen LogP contribution in [0.2, 0.25) is 0 Å². The van der Waals surface area contributed by atoms with Gasteiger partial charge in [0.15, 0.2) is 5.65 Å². The first-order valence-corrected chi connectivity index (χ1v) is 7.57. The molecular formula is C15H15N5O4. The van der Waals surface area contributed by atoms with Crippen LogP contribution >= 0.6 is 0 Å². The summed E-state index contributed by atoms with van der Waals surface area (Å²) in [6.45, 7) is 2.60. The van der Waals surface area contributed by atoms with Gasteiger partial charge in [0.25, 0.3) is 5.56 Å². The van der Waals surface area contributed by atoms with Gasteiger partial charge in [-0.15, -0.1) is 0 Å². The van der Waals surface area contributed by atoms with Crippen molar-refractivity contribution in [3.05, 3.63) is 51.2 Å². The zero-order valence-corrected chi connectivity index (χ0v) is 12.8. The van der Waals surface area contributed by atoms with Gasteiger partial charge in [0.2, 0.25) is 5.95 Å². The SMILES string of the molecule is O=c1[nH]c2nc(N3CCOCC3)ncc2c(=O)n1Cc1ccco1. The molecule has 0 unspecified atom stereocenters. The first kappa shape index (κ1) is 14.6. The average Bonchev–Trinajstić information content (AvgIpc) is 3.12. The summed E-state index contributed by atoms with van der Waals surface area (Å²) in [5.41, 5.74) is -0.744. The lowest BCUT2D eigenvalue weighted by Crippen LogP contribution is -2.38. The highest BCUT2D eigenvalue weighted by Crippen LogP contribution is 2.12. The molecule has 0 atom stereocenters. The first-order chi connectivity index (χ1) is 11.7. The molecule has 0 radical (unpaired) electrons. The van der Waals surface area contributed by atoms with Gasteiger partial charge in [0.1, 0.15) is 11.1 Å².